The minimum Gasteiger partial charge on any atom is -0.338 e. The fourth-order valence-electron chi connectivity index (χ4n) is 6.78. The van der Waals surface area contributed by atoms with Crippen LogP contribution in [0.2, 0.25) is 0 Å². The maximum Gasteiger partial charge on any atom is 0.225 e. The van der Waals surface area contributed by atoms with E-state index < -0.39 is 0 Å². The summed E-state index contributed by atoms with van der Waals surface area (Å²) in [6.07, 6.45) is 11.5. The summed E-state index contributed by atoms with van der Waals surface area (Å²) in [5, 5.41) is 0. The number of hydrogen-bond donors (Lipinski definition) is 0. The van der Waals surface area contributed by atoms with Crippen LogP contribution in [0.5, 0.6) is 0 Å². The minimum absolute atomic E-state index is 0.310. The van der Waals surface area contributed by atoms with Crippen LogP contribution in [-0.2, 0) is 4.79 Å². The third-order valence-corrected chi connectivity index (χ3v) is 8.26. The summed E-state index contributed by atoms with van der Waals surface area (Å²) in [4.78, 5) is 18.5. The Morgan fingerprint density at radius 1 is 0.964 bits per heavy atom. The summed E-state index contributed by atoms with van der Waals surface area (Å²) in [5.41, 5.74) is 2.81. The highest BCUT2D eigenvalue weighted by Crippen LogP contribution is 2.44. The third-order valence-electron chi connectivity index (χ3n) is 8.26. The molecule has 3 heteroatoms. The largest absolute Gasteiger partial charge is 0.338 e. The number of fused-ring (bicyclic) bond motifs is 1. The highest BCUT2D eigenvalue weighted by atomic mass is 16.2. The molecule has 3 atom stereocenters. The van der Waals surface area contributed by atoms with Crippen molar-refractivity contribution in [2.24, 2.45) is 11.8 Å². The molecule has 0 N–H and O–H groups in total. The van der Waals surface area contributed by atoms with Gasteiger partial charge in [-0.1, -0.05) is 55.5 Å². The van der Waals surface area contributed by atoms with Crippen LogP contribution in [0.3, 0.4) is 0 Å². The number of hydrogen-bond acceptors (Lipinski definition) is 2. The molecule has 0 unspecified atom stereocenters. The molecular formula is C25H36N2O. The van der Waals surface area contributed by atoms with Crippen LogP contribution in [0.25, 0.3) is 0 Å². The highest BCUT2D eigenvalue weighted by Gasteiger charge is 2.48. The first-order valence-corrected chi connectivity index (χ1v) is 11.8. The average Bonchev–Trinajstić information content (AvgIpc) is 3.47. The molecule has 2 saturated heterocycles. The first-order chi connectivity index (χ1) is 13.7. The Kier molecular flexibility index (Phi) is 5.21. The molecule has 2 saturated carbocycles. The van der Waals surface area contributed by atoms with Crippen molar-refractivity contribution in [2.75, 3.05) is 19.6 Å². The molecule has 1 amide bonds. The van der Waals surface area contributed by atoms with Crippen molar-refractivity contribution in [3.8, 4) is 0 Å². The molecule has 28 heavy (non-hydrogen) atoms. The lowest BCUT2D eigenvalue weighted by Gasteiger charge is -2.42. The van der Waals surface area contributed by atoms with Crippen molar-refractivity contribution in [1.29, 1.82) is 0 Å². The summed E-state index contributed by atoms with van der Waals surface area (Å²) in [5.74, 6) is 1.92. The predicted molar refractivity (Wildman–Crippen MR) is 113 cm³/mol. The van der Waals surface area contributed by atoms with Gasteiger partial charge in [0.15, 0.2) is 0 Å². The van der Waals surface area contributed by atoms with Crippen LogP contribution < -0.4 is 0 Å². The number of rotatable bonds is 3. The first-order valence-electron chi connectivity index (χ1n) is 11.8. The van der Waals surface area contributed by atoms with E-state index in [1.165, 1.54) is 69.2 Å². The van der Waals surface area contributed by atoms with Crippen molar-refractivity contribution < 1.29 is 4.79 Å². The Balaban J connectivity index is 1.41. The molecule has 0 bridgehead atoms. The van der Waals surface area contributed by atoms with Gasteiger partial charge in [0.25, 0.3) is 0 Å². The number of nitrogens with zero attached hydrogens (tertiary/aromatic N) is 2. The zero-order chi connectivity index (χ0) is 19.1. The molecule has 3 nitrogen and oxygen atoms in total. The van der Waals surface area contributed by atoms with Gasteiger partial charge in [-0.05, 0) is 44.6 Å². The number of carbonyl (C=O) groups excluding carboxylic acids is 1. The summed E-state index contributed by atoms with van der Waals surface area (Å²) in [6.45, 7) is 5.54. The van der Waals surface area contributed by atoms with E-state index in [1.807, 2.05) is 0 Å². The van der Waals surface area contributed by atoms with Crippen LogP contribution in [0.15, 0.2) is 24.3 Å². The molecular weight excluding hydrogens is 344 g/mol. The van der Waals surface area contributed by atoms with Crippen molar-refractivity contribution >= 4 is 5.91 Å². The van der Waals surface area contributed by atoms with E-state index in [2.05, 4.69) is 41.0 Å². The number of benzene rings is 1. The third kappa shape index (κ3) is 3.40. The zero-order valence-electron chi connectivity index (χ0n) is 17.5. The Morgan fingerprint density at radius 2 is 1.71 bits per heavy atom. The quantitative estimate of drug-likeness (QED) is 0.756. The summed E-state index contributed by atoms with van der Waals surface area (Å²) in [7, 11) is 0. The Bertz CT molecular complexity index is 704. The summed E-state index contributed by atoms with van der Waals surface area (Å²) in [6, 6.07) is 10.4. The average molecular weight is 381 g/mol. The smallest absolute Gasteiger partial charge is 0.225 e. The van der Waals surface area contributed by atoms with Gasteiger partial charge in [-0.2, -0.15) is 0 Å². The standard InChI is InChI=1S/C25H36N2O/c1-18-7-6-10-20(15-18)22-17-27(25(28)19-8-2-3-9-19)24-13-14-26(16-23(22)24)21-11-4-5-12-21/h6-7,10,15,19,21-24H,2-5,8-9,11-14,16-17H2,1H3/t22-,23-,24-/m1/s1. The number of likely N-dealkylation sites (tertiary alicyclic amines) is 2. The van der Waals surface area contributed by atoms with Gasteiger partial charge in [-0.3, -0.25) is 9.69 Å². The molecule has 4 fully saturated rings. The molecule has 152 valence electrons. The molecule has 0 radical (unpaired) electrons. The predicted octanol–water partition coefficient (Wildman–Crippen LogP) is 4.74. The van der Waals surface area contributed by atoms with E-state index in [4.69, 9.17) is 0 Å². The number of amides is 1. The van der Waals surface area contributed by atoms with Gasteiger partial charge in [0, 0.05) is 49.5 Å². The minimum atomic E-state index is 0.310. The molecule has 5 rings (SSSR count). The number of carbonyl (C=O) groups is 1. The van der Waals surface area contributed by atoms with Gasteiger partial charge in [0.2, 0.25) is 5.91 Å². The summed E-state index contributed by atoms with van der Waals surface area (Å²) < 4.78 is 0. The van der Waals surface area contributed by atoms with E-state index in [9.17, 15) is 4.79 Å². The van der Waals surface area contributed by atoms with Gasteiger partial charge in [0.1, 0.15) is 0 Å². The second-order valence-corrected chi connectivity index (χ2v) is 9.95. The van der Waals surface area contributed by atoms with Gasteiger partial charge < -0.3 is 4.90 Å². The van der Waals surface area contributed by atoms with Crippen molar-refractivity contribution in [1.82, 2.24) is 9.80 Å². The number of aryl methyl sites for hydroxylation is 1. The van der Waals surface area contributed by atoms with Gasteiger partial charge >= 0.3 is 0 Å². The van der Waals surface area contributed by atoms with Gasteiger partial charge in [0.05, 0.1) is 0 Å². The van der Waals surface area contributed by atoms with E-state index in [0.717, 1.165) is 25.4 Å². The van der Waals surface area contributed by atoms with Crippen molar-refractivity contribution in [3.05, 3.63) is 35.4 Å². The lowest BCUT2D eigenvalue weighted by atomic mass is 9.81. The number of piperidine rings is 1. The monoisotopic (exact) mass is 380 g/mol. The fourth-order valence-corrected chi connectivity index (χ4v) is 6.78. The molecule has 2 aliphatic carbocycles. The Labute approximate surface area is 170 Å². The topological polar surface area (TPSA) is 23.6 Å². The van der Waals surface area contributed by atoms with Crippen LogP contribution in [0.1, 0.15) is 74.8 Å². The van der Waals surface area contributed by atoms with E-state index in [0.29, 0.717) is 29.7 Å². The maximum atomic E-state index is 13.4. The highest BCUT2D eigenvalue weighted by molar-refractivity contribution is 5.80. The van der Waals surface area contributed by atoms with E-state index in [-0.39, 0.29) is 0 Å². The summed E-state index contributed by atoms with van der Waals surface area (Å²) >= 11 is 0. The van der Waals surface area contributed by atoms with Crippen LogP contribution >= 0.6 is 0 Å². The lowest BCUT2D eigenvalue weighted by Crippen LogP contribution is -2.51. The maximum absolute atomic E-state index is 13.4. The molecule has 0 aromatic heterocycles. The van der Waals surface area contributed by atoms with Crippen LogP contribution in [0, 0.1) is 18.8 Å². The molecule has 4 aliphatic rings. The van der Waals surface area contributed by atoms with E-state index >= 15 is 0 Å². The normalized spacial score (nSPS) is 32.2. The Hall–Kier alpha value is -1.35. The van der Waals surface area contributed by atoms with E-state index in [1.54, 1.807) is 0 Å². The molecule has 2 aliphatic heterocycles. The molecule has 1 aromatic carbocycles. The second kappa shape index (κ2) is 7.82. The van der Waals surface area contributed by atoms with Gasteiger partial charge in [-0.15, -0.1) is 0 Å². The Morgan fingerprint density at radius 3 is 2.46 bits per heavy atom. The van der Waals surface area contributed by atoms with Crippen LogP contribution in [-0.4, -0.2) is 47.4 Å². The second-order valence-electron chi connectivity index (χ2n) is 9.95. The lowest BCUT2D eigenvalue weighted by molar-refractivity contribution is -0.137. The van der Waals surface area contributed by atoms with Crippen molar-refractivity contribution in [2.45, 2.75) is 82.7 Å². The SMILES string of the molecule is Cc1cccc([C@H]2CN(C(=O)C3CCCC3)[C@@H]3CCN(C4CCCC4)C[C@H]23)c1. The first kappa shape index (κ1) is 18.7. The molecule has 1 aromatic rings. The van der Waals surface area contributed by atoms with Crippen molar-refractivity contribution in [3.63, 3.8) is 0 Å². The van der Waals surface area contributed by atoms with Gasteiger partial charge in [-0.25, -0.2) is 0 Å². The molecule has 2 heterocycles. The molecule has 0 spiro atoms. The van der Waals surface area contributed by atoms with Crippen LogP contribution in [0.4, 0.5) is 0 Å². The fraction of sp³-hybridized carbons (Fsp3) is 0.720. The zero-order valence-corrected chi connectivity index (χ0v) is 17.5.